The number of benzene rings is 2. The smallest absolute Gasteiger partial charge is 0.235 e. The van der Waals surface area contributed by atoms with Crippen molar-refractivity contribution in [3.8, 4) is 5.88 Å². The molecule has 0 saturated carbocycles. The molecule has 1 aliphatic heterocycles. The number of nitrogens with zero attached hydrogens (tertiary/aromatic N) is 3. The first-order valence-electron chi connectivity index (χ1n) is 9.88. The minimum Gasteiger partial charge on any atom is -0.492 e. The van der Waals surface area contributed by atoms with Crippen molar-refractivity contribution in [2.24, 2.45) is 0 Å². The first-order chi connectivity index (χ1) is 14.2. The Labute approximate surface area is 172 Å². The number of rotatable bonds is 4. The molecule has 0 radical (unpaired) electrons. The molecule has 2 atom stereocenters. The molecule has 5 nitrogen and oxygen atoms in total. The van der Waals surface area contributed by atoms with Gasteiger partial charge in [0.2, 0.25) is 10.8 Å². The fraction of sp³-hybridized carbons (Fsp3) is 0.273. The molecule has 1 unspecified atom stereocenters. The third-order valence-electron chi connectivity index (χ3n) is 5.70. The van der Waals surface area contributed by atoms with Crippen LogP contribution in [0.25, 0.3) is 4.96 Å². The molecule has 0 fully saturated rings. The van der Waals surface area contributed by atoms with Crippen LogP contribution in [0.2, 0.25) is 0 Å². The minimum absolute atomic E-state index is 0.0665. The summed E-state index contributed by atoms with van der Waals surface area (Å²) < 4.78 is 16.4. The van der Waals surface area contributed by atoms with Crippen molar-refractivity contribution in [3.63, 3.8) is 0 Å². The zero-order chi connectivity index (χ0) is 20.0. The van der Waals surface area contributed by atoms with E-state index in [0.29, 0.717) is 27.6 Å². The standard InChI is InChI=1S/C22H21FN4OS/c1-2-18-24-22-27(25-18)21(28)20(29-22)19(16-9-5-6-10-17(16)23)26-12-11-14-7-3-4-8-15(14)13-26/h3-10,19,28H,2,11-13H2,1H3/p+1/t19-/m1/s1. The number of halogens is 1. The zero-order valence-electron chi connectivity index (χ0n) is 16.1. The molecule has 0 bridgehead atoms. The van der Waals surface area contributed by atoms with E-state index >= 15 is 0 Å². The second-order valence-electron chi connectivity index (χ2n) is 7.42. The summed E-state index contributed by atoms with van der Waals surface area (Å²) in [5.74, 6) is 0.508. The number of aromatic nitrogens is 3. The number of nitrogens with one attached hydrogen (secondary N) is 1. The van der Waals surface area contributed by atoms with Gasteiger partial charge in [-0.1, -0.05) is 54.7 Å². The number of aromatic hydroxyl groups is 1. The molecular weight excluding hydrogens is 387 g/mol. The van der Waals surface area contributed by atoms with E-state index in [-0.39, 0.29) is 17.7 Å². The molecule has 0 spiro atoms. The van der Waals surface area contributed by atoms with Gasteiger partial charge in [-0.3, -0.25) is 0 Å². The van der Waals surface area contributed by atoms with E-state index in [4.69, 9.17) is 0 Å². The fourth-order valence-corrected chi connectivity index (χ4v) is 5.38. The van der Waals surface area contributed by atoms with Crippen molar-refractivity contribution >= 4 is 16.3 Å². The van der Waals surface area contributed by atoms with Crippen LogP contribution < -0.4 is 4.90 Å². The lowest BCUT2D eigenvalue weighted by Gasteiger charge is -2.32. The number of aryl methyl sites for hydroxylation is 1. The van der Waals surface area contributed by atoms with Crippen molar-refractivity contribution in [2.45, 2.75) is 32.4 Å². The predicted molar refractivity (Wildman–Crippen MR) is 110 cm³/mol. The topological polar surface area (TPSA) is 54.9 Å². The maximum absolute atomic E-state index is 14.9. The van der Waals surface area contributed by atoms with Gasteiger partial charge in [-0.2, -0.15) is 4.52 Å². The van der Waals surface area contributed by atoms with Crippen molar-refractivity contribution in [1.82, 2.24) is 14.6 Å². The molecule has 1 aliphatic rings. The van der Waals surface area contributed by atoms with Crippen LogP contribution >= 0.6 is 11.3 Å². The second kappa shape index (κ2) is 7.24. The summed E-state index contributed by atoms with van der Waals surface area (Å²) in [6.45, 7) is 3.63. The van der Waals surface area contributed by atoms with Crippen LogP contribution in [-0.2, 0) is 19.4 Å². The van der Waals surface area contributed by atoms with E-state index in [1.807, 2.05) is 25.1 Å². The first-order valence-corrected chi connectivity index (χ1v) is 10.7. The Kier molecular flexibility index (Phi) is 4.56. The summed E-state index contributed by atoms with van der Waals surface area (Å²) in [6.07, 6.45) is 1.63. The third kappa shape index (κ3) is 3.10. The third-order valence-corrected chi connectivity index (χ3v) is 6.78. The quantitative estimate of drug-likeness (QED) is 0.545. The normalized spacial score (nSPS) is 17.4. The van der Waals surface area contributed by atoms with Crippen LogP contribution in [0, 0.1) is 5.82 Å². The maximum Gasteiger partial charge on any atom is 0.235 e. The Hall–Kier alpha value is -2.77. The summed E-state index contributed by atoms with van der Waals surface area (Å²) in [5.41, 5.74) is 3.22. The Balaban J connectivity index is 1.63. The van der Waals surface area contributed by atoms with Gasteiger partial charge in [0.05, 0.1) is 12.1 Å². The van der Waals surface area contributed by atoms with Gasteiger partial charge >= 0.3 is 0 Å². The first kappa shape index (κ1) is 18.3. The van der Waals surface area contributed by atoms with E-state index in [9.17, 15) is 9.50 Å². The monoisotopic (exact) mass is 409 g/mol. The largest absolute Gasteiger partial charge is 0.492 e. The van der Waals surface area contributed by atoms with Gasteiger partial charge in [-0.15, -0.1) is 5.10 Å². The Bertz CT molecular complexity index is 1180. The lowest BCUT2D eigenvalue weighted by atomic mass is 9.95. The second-order valence-corrected chi connectivity index (χ2v) is 8.43. The van der Waals surface area contributed by atoms with Gasteiger partial charge < -0.3 is 10.0 Å². The molecule has 0 aliphatic carbocycles. The molecule has 3 heterocycles. The lowest BCUT2D eigenvalue weighted by Crippen LogP contribution is -3.12. The highest BCUT2D eigenvalue weighted by Crippen LogP contribution is 2.36. The van der Waals surface area contributed by atoms with Crippen LogP contribution in [-0.4, -0.2) is 26.2 Å². The minimum atomic E-state index is -0.317. The van der Waals surface area contributed by atoms with Crippen LogP contribution in [0.4, 0.5) is 4.39 Å². The van der Waals surface area contributed by atoms with E-state index in [1.54, 1.807) is 6.07 Å². The van der Waals surface area contributed by atoms with E-state index < -0.39 is 0 Å². The van der Waals surface area contributed by atoms with Crippen molar-refractivity contribution in [2.75, 3.05) is 6.54 Å². The molecule has 2 aromatic carbocycles. The fourth-order valence-electron chi connectivity index (χ4n) is 4.23. The maximum atomic E-state index is 14.9. The summed E-state index contributed by atoms with van der Waals surface area (Å²) in [7, 11) is 0. The molecule has 148 valence electrons. The molecule has 0 saturated heterocycles. The zero-order valence-corrected chi connectivity index (χ0v) is 16.9. The van der Waals surface area contributed by atoms with Crippen molar-refractivity contribution in [1.29, 1.82) is 0 Å². The summed E-state index contributed by atoms with van der Waals surface area (Å²) >= 11 is 1.40. The van der Waals surface area contributed by atoms with Crippen LogP contribution in [0.15, 0.2) is 48.5 Å². The molecule has 2 N–H and O–H groups in total. The molecule has 2 aromatic heterocycles. The van der Waals surface area contributed by atoms with Crippen molar-refractivity contribution < 1.29 is 14.4 Å². The summed E-state index contributed by atoms with van der Waals surface area (Å²) in [6, 6.07) is 15.0. The molecule has 29 heavy (non-hydrogen) atoms. The van der Waals surface area contributed by atoms with E-state index in [1.165, 1.54) is 37.9 Å². The average molecular weight is 410 g/mol. The van der Waals surface area contributed by atoms with Crippen LogP contribution in [0.5, 0.6) is 5.88 Å². The van der Waals surface area contributed by atoms with Gasteiger partial charge in [0.25, 0.3) is 0 Å². The molecule has 0 amide bonds. The highest BCUT2D eigenvalue weighted by Gasteiger charge is 2.36. The number of fused-ring (bicyclic) bond motifs is 2. The van der Waals surface area contributed by atoms with Gasteiger partial charge in [0.1, 0.15) is 17.2 Å². The molecular formula is C22H22FN4OS+. The number of hydrogen-bond donors (Lipinski definition) is 2. The molecule has 4 aromatic rings. The molecule has 5 rings (SSSR count). The Morgan fingerprint density at radius 1 is 1.17 bits per heavy atom. The van der Waals surface area contributed by atoms with Gasteiger partial charge in [-0.25, -0.2) is 9.37 Å². The van der Waals surface area contributed by atoms with Gasteiger partial charge in [0, 0.05) is 18.4 Å². The number of thiazole rings is 1. The Morgan fingerprint density at radius 2 is 1.93 bits per heavy atom. The average Bonchev–Trinajstić information content (AvgIpc) is 3.29. The van der Waals surface area contributed by atoms with Gasteiger partial charge in [-0.05, 0) is 17.7 Å². The Morgan fingerprint density at radius 3 is 2.69 bits per heavy atom. The van der Waals surface area contributed by atoms with Gasteiger partial charge in [0.15, 0.2) is 11.9 Å². The highest BCUT2D eigenvalue weighted by atomic mass is 32.1. The number of quaternary nitrogens is 1. The van der Waals surface area contributed by atoms with Crippen LogP contribution in [0.1, 0.15) is 40.4 Å². The molecule has 7 heteroatoms. The van der Waals surface area contributed by atoms with E-state index in [2.05, 4.69) is 28.3 Å². The van der Waals surface area contributed by atoms with Crippen molar-refractivity contribution in [3.05, 3.63) is 81.7 Å². The summed E-state index contributed by atoms with van der Waals surface area (Å²) in [5, 5.41) is 15.4. The summed E-state index contributed by atoms with van der Waals surface area (Å²) in [4.78, 5) is 7.07. The predicted octanol–water partition coefficient (Wildman–Crippen LogP) is 2.93. The lowest BCUT2D eigenvalue weighted by molar-refractivity contribution is -0.941. The van der Waals surface area contributed by atoms with Crippen LogP contribution in [0.3, 0.4) is 0 Å². The van der Waals surface area contributed by atoms with E-state index in [0.717, 1.165) is 19.5 Å². The highest BCUT2D eigenvalue weighted by molar-refractivity contribution is 7.17. The SMILES string of the molecule is CCc1nc2sc([C@@H](c3ccccc3F)[NH+]3CCc4ccccc4C3)c(O)n2n1. The number of hydrogen-bond acceptors (Lipinski definition) is 4.